The van der Waals surface area contributed by atoms with Gasteiger partial charge in [-0.05, 0) is 104 Å². The summed E-state index contributed by atoms with van der Waals surface area (Å²) in [7, 11) is -1.53. The molecule has 4 rings (SSSR count). The summed E-state index contributed by atoms with van der Waals surface area (Å²) < 4.78 is 29.7. The van der Waals surface area contributed by atoms with Crippen molar-refractivity contribution in [1.29, 1.82) is 0 Å². The zero-order chi connectivity index (χ0) is 22.0. The maximum atomic E-state index is 11.9. The molecule has 7 heteroatoms. The van der Waals surface area contributed by atoms with Gasteiger partial charge in [0.25, 0.3) is 0 Å². The molecule has 2 aromatic carbocycles. The van der Waals surface area contributed by atoms with Crippen molar-refractivity contribution < 1.29 is 13.2 Å². The van der Waals surface area contributed by atoms with E-state index in [1.165, 1.54) is 16.7 Å². The van der Waals surface area contributed by atoms with Crippen molar-refractivity contribution in [2.45, 2.75) is 43.3 Å². The first-order chi connectivity index (χ1) is 14.8. The lowest BCUT2D eigenvalue weighted by atomic mass is 9.86. The van der Waals surface area contributed by atoms with Crippen molar-refractivity contribution in [2.75, 3.05) is 20.2 Å². The van der Waals surface area contributed by atoms with Crippen LogP contribution in [0, 0.1) is 11.8 Å². The molecule has 168 valence electrons. The molecule has 31 heavy (non-hydrogen) atoms. The van der Waals surface area contributed by atoms with Crippen LogP contribution in [0.1, 0.15) is 41.9 Å². The first-order valence-electron chi connectivity index (χ1n) is 11.0. The van der Waals surface area contributed by atoms with E-state index in [9.17, 15) is 8.42 Å². The number of benzene rings is 2. The molecule has 3 unspecified atom stereocenters. The highest BCUT2D eigenvalue weighted by Gasteiger charge is 2.38. The number of sulfonamides is 1. The number of rotatable bonds is 10. The normalized spacial score (nSPS) is 21.6. The molecule has 0 aliphatic heterocycles. The predicted molar refractivity (Wildman–Crippen MR) is 125 cm³/mol. The molecule has 2 aliphatic carbocycles. The molecule has 0 aromatic heterocycles. The number of ether oxygens (including phenoxy) is 1. The lowest BCUT2D eigenvalue weighted by Crippen LogP contribution is -2.31. The van der Waals surface area contributed by atoms with Crippen molar-refractivity contribution >= 4 is 21.6 Å². The smallest absolute Gasteiger partial charge is 0.212 e. The van der Waals surface area contributed by atoms with E-state index in [1.807, 2.05) is 31.3 Å². The zero-order valence-electron chi connectivity index (χ0n) is 17.9. The maximum Gasteiger partial charge on any atom is 0.212 e. The highest BCUT2D eigenvalue weighted by atomic mass is 35.5. The SMILES string of the molecule is CNCC1Cc2ccc(OCCC(C3CC3)S(N)(=O)=O)cc2C1Cc1cccc(Cl)c1. The molecule has 0 bridgehead atoms. The molecule has 3 atom stereocenters. The van der Waals surface area contributed by atoms with Gasteiger partial charge in [0, 0.05) is 5.02 Å². The third kappa shape index (κ3) is 5.61. The highest BCUT2D eigenvalue weighted by Crippen LogP contribution is 2.42. The van der Waals surface area contributed by atoms with Gasteiger partial charge in [0.05, 0.1) is 11.9 Å². The summed E-state index contributed by atoms with van der Waals surface area (Å²) in [6.07, 6.45) is 4.29. The van der Waals surface area contributed by atoms with Gasteiger partial charge in [-0.2, -0.15) is 0 Å². The van der Waals surface area contributed by atoms with Crippen molar-refractivity contribution in [3.63, 3.8) is 0 Å². The number of halogens is 1. The first-order valence-corrected chi connectivity index (χ1v) is 13.0. The number of hydrogen-bond donors (Lipinski definition) is 2. The van der Waals surface area contributed by atoms with Crippen molar-refractivity contribution in [3.05, 3.63) is 64.2 Å². The highest BCUT2D eigenvalue weighted by molar-refractivity contribution is 7.89. The van der Waals surface area contributed by atoms with Gasteiger partial charge in [0.1, 0.15) is 5.75 Å². The largest absolute Gasteiger partial charge is 0.494 e. The molecular weight excluding hydrogens is 432 g/mol. The fourth-order valence-corrected chi connectivity index (χ4v) is 6.42. The third-order valence-electron chi connectivity index (χ3n) is 6.62. The average molecular weight is 463 g/mol. The van der Waals surface area contributed by atoms with Gasteiger partial charge >= 0.3 is 0 Å². The molecule has 0 amide bonds. The van der Waals surface area contributed by atoms with Crippen molar-refractivity contribution in [1.82, 2.24) is 5.32 Å². The molecule has 0 heterocycles. The van der Waals surface area contributed by atoms with Gasteiger partial charge in [-0.25, -0.2) is 13.6 Å². The molecule has 2 aromatic rings. The van der Waals surface area contributed by atoms with Gasteiger partial charge in [-0.3, -0.25) is 0 Å². The van der Waals surface area contributed by atoms with Gasteiger partial charge in [0.15, 0.2) is 0 Å². The van der Waals surface area contributed by atoms with Crippen molar-refractivity contribution in [2.24, 2.45) is 17.0 Å². The quantitative estimate of drug-likeness (QED) is 0.561. The van der Waals surface area contributed by atoms with E-state index in [0.29, 0.717) is 24.9 Å². The topological polar surface area (TPSA) is 81.4 Å². The van der Waals surface area contributed by atoms with Gasteiger partial charge in [0.2, 0.25) is 10.0 Å². The zero-order valence-corrected chi connectivity index (χ0v) is 19.5. The molecule has 1 saturated carbocycles. The standard InChI is InChI=1S/C24H31ClN2O3S/c1-27-15-19-13-18-7-8-21(30-10-9-24(17-5-6-17)31(26,28)29)14-23(18)22(19)12-16-3-2-4-20(25)11-16/h2-4,7-8,11,14,17,19,22,24,27H,5-6,9-10,12-13,15H2,1H3,(H2,26,28,29). The second-order valence-electron chi connectivity index (χ2n) is 8.93. The predicted octanol–water partition coefficient (Wildman–Crippen LogP) is 3.89. The maximum absolute atomic E-state index is 11.9. The number of hydrogen-bond acceptors (Lipinski definition) is 4. The Labute approximate surface area is 190 Å². The van der Waals surface area contributed by atoms with E-state index in [0.717, 1.165) is 43.0 Å². The van der Waals surface area contributed by atoms with E-state index >= 15 is 0 Å². The van der Waals surface area contributed by atoms with E-state index in [-0.39, 0.29) is 5.92 Å². The third-order valence-corrected chi connectivity index (χ3v) is 8.32. The molecule has 0 radical (unpaired) electrons. The summed E-state index contributed by atoms with van der Waals surface area (Å²) >= 11 is 6.21. The molecule has 1 fully saturated rings. The lowest BCUT2D eigenvalue weighted by Gasteiger charge is -2.21. The second-order valence-corrected chi connectivity index (χ2v) is 11.1. The van der Waals surface area contributed by atoms with Crippen LogP contribution in [0.15, 0.2) is 42.5 Å². The number of nitrogens with two attached hydrogens (primary N) is 1. The van der Waals surface area contributed by atoms with Crippen LogP contribution in [0.4, 0.5) is 0 Å². The van der Waals surface area contributed by atoms with Crippen LogP contribution in [-0.2, 0) is 22.9 Å². The fourth-order valence-electron chi connectivity index (χ4n) is 4.97. The number of nitrogens with one attached hydrogen (secondary N) is 1. The van der Waals surface area contributed by atoms with Gasteiger partial charge in [-0.15, -0.1) is 0 Å². The Morgan fingerprint density at radius 2 is 2.03 bits per heavy atom. The Morgan fingerprint density at radius 1 is 1.23 bits per heavy atom. The van der Waals surface area contributed by atoms with Crippen LogP contribution in [0.3, 0.4) is 0 Å². The molecule has 0 saturated heterocycles. The van der Waals surface area contributed by atoms with Gasteiger partial charge < -0.3 is 10.1 Å². The number of primary sulfonamides is 1. The summed E-state index contributed by atoms with van der Waals surface area (Å²) in [4.78, 5) is 0. The number of fused-ring (bicyclic) bond motifs is 1. The molecule has 0 spiro atoms. The monoisotopic (exact) mass is 462 g/mol. The minimum atomic E-state index is -3.52. The molecule has 3 N–H and O–H groups in total. The van der Waals surface area contributed by atoms with E-state index in [2.05, 4.69) is 23.5 Å². The summed E-state index contributed by atoms with van der Waals surface area (Å²) in [5, 5.41) is 9.03. The second kappa shape index (κ2) is 9.49. The Bertz CT molecular complexity index is 1020. The molecule has 2 aliphatic rings. The Balaban J connectivity index is 1.47. The molecule has 5 nitrogen and oxygen atoms in total. The van der Waals surface area contributed by atoms with Crippen LogP contribution < -0.4 is 15.2 Å². The average Bonchev–Trinajstić information content (AvgIpc) is 3.49. The van der Waals surface area contributed by atoms with Gasteiger partial charge in [-0.1, -0.05) is 29.8 Å². The van der Waals surface area contributed by atoms with Crippen molar-refractivity contribution in [3.8, 4) is 5.75 Å². The van der Waals surface area contributed by atoms with E-state index in [1.54, 1.807) is 0 Å². The minimum Gasteiger partial charge on any atom is -0.494 e. The Morgan fingerprint density at radius 3 is 2.71 bits per heavy atom. The van der Waals surface area contributed by atoms with Crippen LogP contribution in [0.2, 0.25) is 5.02 Å². The molecular formula is C24H31ClN2O3S. The van der Waals surface area contributed by atoms with Crippen LogP contribution in [0.25, 0.3) is 0 Å². The Hall–Kier alpha value is -1.60. The summed E-state index contributed by atoms with van der Waals surface area (Å²) in [5.74, 6) is 1.89. The summed E-state index contributed by atoms with van der Waals surface area (Å²) in [6.45, 7) is 1.31. The van der Waals surface area contributed by atoms with E-state index < -0.39 is 15.3 Å². The fraction of sp³-hybridized carbons (Fsp3) is 0.500. The minimum absolute atomic E-state index is 0.197. The summed E-state index contributed by atoms with van der Waals surface area (Å²) in [5.41, 5.74) is 3.92. The Kier molecular flexibility index (Phi) is 6.92. The lowest BCUT2D eigenvalue weighted by molar-refractivity contribution is 0.303. The summed E-state index contributed by atoms with van der Waals surface area (Å²) in [6, 6.07) is 14.4. The first kappa shape index (κ1) is 22.6. The van der Waals surface area contributed by atoms with Crippen LogP contribution >= 0.6 is 11.6 Å². The van der Waals surface area contributed by atoms with Crippen LogP contribution in [0.5, 0.6) is 5.75 Å². The van der Waals surface area contributed by atoms with Crippen LogP contribution in [-0.4, -0.2) is 33.9 Å². The van der Waals surface area contributed by atoms with E-state index in [4.69, 9.17) is 21.5 Å².